The second-order valence-electron chi connectivity index (χ2n) is 5.20. The summed E-state index contributed by atoms with van der Waals surface area (Å²) in [4.78, 5) is 0. The van der Waals surface area contributed by atoms with Crippen LogP contribution in [0.15, 0.2) is 24.3 Å². The van der Waals surface area contributed by atoms with Gasteiger partial charge in [0.25, 0.3) is 0 Å². The Labute approximate surface area is 111 Å². The van der Waals surface area contributed by atoms with Crippen molar-refractivity contribution in [3.63, 3.8) is 0 Å². The topological polar surface area (TPSA) is 32.3 Å². The van der Waals surface area contributed by atoms with Crippen molar-refractivity contribution >= 4 is 0 Å². The smallest absolute Gasteiger partial charge is 0.0940 e. The quantitative estimate of drug-likeness (QED) is 0.775. The minimum Gasteiger partial charge on any atom is -0.387 e. The first-order valence-corrected chi connectivity index (χ1v) is 7.11. The highest BCUT2D eigenvalue weighted by atomic mass is 16.3. The molecule has 0 fully saturated rings. The third kappa shape index (κ3) is 4.43. The lowest BCUT2D eigenvalue weighted by molar-refractivity contribution is 0.130. The minimum atomic E-state index is -0.435. The summed E-state index contributed by atoms with van der Waals surface area (Å²) in [6.07, 6.45) is 2.91. The van der Waals surface area contributed by atoms with E-state index < -0.39 is 6.10 Å². The summed E-state index contributed by atoms with van der Waals surface area (Å²) in [6, 6.07) is 8.86. The largest absolute Gasteiger partial charge is 0.387 e. The Hall–Kier alpha value is -0.860. The monoisotopic (exact) mass is 249 g/mol. The molecule has 3 atom stereocenters. The van der Waals surface area contributed by atoms with E-state index in [4.69, 9.17) is 0 Å². The van der Waals surface area contributed by atoms with E-state index in [2.05, 4.69) is 38.2 Å². The van der Waals surface area contributed by atoms with Crippen molar-refractivity contribution in [2.75, 3.05) is 0 Å². The molecule has 2 nitrogen and oxygen atoms in total. The third-order valence-electron chi connectivity index (χ3n) is 3.49. The van der Waals surface area contributed by atoms with Crippen molar-refractivity contribution in [1.29, 1.82) is 0 Å². The van der Waals surface area contributed by atoms with Crippen LogP contribution in [0.4, 0.5) is 0 Å². The normalized spacial score (nSPS) is 16.3. The molecule has 0 aliphatic heterocycles. The second kappa shape index (κ2) is 7.55. The summed E-state index contributed by atoms with van der Waals surface area (Å²) >= 11 is 0. The molecule has 0 heterocycles. The van der Waals surface area contributed by atoms with Gasteiger partial charge in [0, 0.05) is 12.1 Å². The van der Waals surface area contributed by atoms with Gasteiger partial charge < -0.3 is 10.4 Å². The number of benzene rings is 1. The highest BCUT2D eigenvalue weighted by Gasteiger charge is 2.17. The Kier molecular flexibility index (Phi) is 6.37. The minimum absolute atomic E-state index is 0.0805. The van der Waals surface area contributed by atoms with E-state index >= 15 is 0 Å². The van der Waals surface area contributed by atoms with Crippen molar-refractivity contribution < 1.29 is 5.11 Å². The number of aliphatic hydroxyl groups is 1. The van der Waals surface area contributed by atoms with Crippen LogP contribution in [0.3, 0.4) is 0 Å². The number of hydrogen-bond acceptors (Lipinski definition) is 2. The molecule has 0 aromatic heterocycles. The molecule has 2 heteroatoms. The summed E-state index contributed by atoms with van der Waals surface area (Å²) in [6.45, 7) is 8.52. The van der Waals surface area contributed by atoms with Gasteiger partial charge in [-0.05, 0) is 37.8 Å². The first kappa shape index (κ1) is 15.2. The van der Waals surface area contributed by atoms with E-state index in [1.807, 2.05) is 19.1 Å². The standard InChI is InChI=1S/C16H27NO/c1-5-7-14-8-10-15(11-9-14)16(18)13(4)17-12(3)6-2/h8-13,16-18H,5-7H2,1-4H3. The molecule has 102 valence electrons. The molecular formula is C16H27NO. The Balaban J connectivity index is 2.62. The van der Waals surface area contributed by atoms with Gasteiger partial charge in [-0.25, -0.2) is 0 Å². The molecule has 18 heavy (non-hydrogen) atoms. The molecule has 1 rings (SSSR count). The molecule has 0 saturated carbocycles. The Bertz CT molecular complexity index is 333. The highest BCUT2D eigenvalue weighted by molar-refractivity contribution is 5.25. The van der Waals surface area contributed by atoms with E-state index in [1.165, 1.54) is 5.56 Å². The maximum Gasteiger partial charge on any atom is 0.0940 e. The van der Waals surface area contributed by atoms with Gasteiger partial charge in [0.15, 0.2) is 0 Å². The van der Waals surface area contributed by atoms with E-state index in [0.717, 1.165) is 24.8 Å². The molecule has 0 saturated heterocycles. The van der Waals surface area contributed by atoms with Gasteiger partial charge in [-0.15, -0.1) is 0 Å². The second-order valence-corrected chi connectivity index (χ2v) is 5.20. The predicted octanol–water partition coefficient (Wildman–Crippen LogP) is 3.45. The Morgan fingerprint density at radius 1 is 1.11 bits per heavy atom. The van der Waals surface area contributed by atoms with Crippen LogP contribution in [0, 0.1) is 0 Å². The van der Waals surface area contributed by atoms with Crippen LogP contribution in [-0.4, -0.2) is 17.2 Å². The van der Waals surface area contributed by atoms with E-state index in [0.29, 0.717) is 6.04 Å². The number of rotatable bonds is 7. The van der Waals surface area contributed by atoms with Crippen molar-refractivity contribution in [3.05, 3.63) is 35.4 Å². The van der Waals surface area contributed by atoms with Gasteiger partial charge >= 0.3 is 0 Å². The van der Waals surface area contributed by atoms with Crippen LogP contribution < -0.4 is 5.32 Å². The fraction of sp³-hybridized carbons (Fsp3) is 0.625. The van der Waals surface area contributed by atoms with E-state index in [1.54, 1.807) is 0 Å². The number of aliphatic hydroxyl groups excluding tert-OH is 1. The maximum absolute atomic E-state index is 10.3. The van der Waals surface area contributed by atoms with Crippen LogP contribution >= 0.6 is 0 Å². The molecule has 1 aromatic rings. The summed E-state index contributed by atoms with van der Waals surface area (Å²) in [7, 11) is 0. The average molecular weight is 249 g/mol. The number of aryl methyl sites for hydroxylation is 1. The molecule has 0 aliphatic carbocycles. The van der Waals surface area contributed by atoms with Crippen LogP contribution in [0.2, 0.25) is 0 Å². The molecule has 1 aromatic carbocycles. The zero-order valence-corrected chi connectivity index (χ0v) is 12.1. The molecule has 0 aliphatic rings. The van der Waals surface area contributed by atoms with Crippen molar-refractivity contribution in [2.45, 2.75) is 65.1 Å². The molecule has 3 unspecified atom stereocenters. The fourth-order valence-corrected chi connectivity index (χ4v) is 2.12. The SMILES string of the molecule is CCCc1ccc(C(O)C(C)NC(C)CC)cc1. The van der Waals surface area contributed by atoms with Gasteiger partial charge in [-0.2, -0.15) is 0 Å². The third-order valence-corrected chi connectivity index (χ3v) is 3.49. The summed E-state index contributed by atoms with van der Waals surface area (Å²) in [5.74, 6) is 0. The molecule has 2 N–H and O–H groups in total. The molecule has 0 radical (unpaired) electrons. The average Bonchev–Trinajstić information content (AvgIpc) is 2.39. The molecular weight excluding hydrogens is 222 g/mol. The molecule has 0 amide bonds. The predicted molar refractivity (Wildman–Crippen MR) is 77.7 cm³/mol. The molecule has 0 bridgehead atoms. The van der Waals surface area contributed by atoms with Crippen LogP contribution in [0.5, 0.6) is 0 Å². The summed E-state index contributed by atoms with van der Waals surface area (Å²) in [5, 5.41) is 13.7. The van der Waals surface area contributed by atoms with Gasteiger partial charge in [0.1, 0.15) is 0 Å². The Morgan fingerprint density at radius 3 is 2.22 bits per heavy atom. The summed E-state index contributed by atoms with van der Waals surface area (Å²) in [5.41, 5.74) is 2.34. The van der Waals surface area contributed by atoms with E-state index in [-0.39, 0.29) is 6.04 Å². The fourth-order valence-electron chi connectivity index (χ4n) is 2.12. The first-order chi connectivity index (χ1) is 8.58. The van der Waals surface area contributed by atoms with Gasteiger partial charge in [-0.3, -0.25) is 0 Å². The van der Waals surface area contributed by atoms with E-state index in [9.17, 15) is 5.11 Å². The highest BCUT2D eigenvalue weighted by Crippen LogP contribution is 2.18. The zero-order chi connectivity index (χ0) is 13.5. The summed E-state index contributed by atoms with van der Waals surface area (Å²) < 4.78 is 0. The lowest BCUT2D eigenvalue weighted by Gasteiger charge is -2.24. The lowest BCUT2D eigenvalue weighted by Crippen LogP contribution is -2.38. The van der Waals surface area contributed by atoms with Crippen LogP contribution in [-0.2, 0) is 6.42 Å². The zero-order valence-electron chi connectivity index (χ0n) is 12.1. The lowest BCUT2D eigenvalue weighted by atomic mass is 10.00. The maximum atomic E-state index is 10.3. The van der Waals surface area contributed by atoms with Gasteiger partial charge in [-0.1, -0.05) is 44.5 Å². The number of hydrogen-bond donors (Lipinski definition) is 2. The first-order valence-electron chi connectivity index (χ1n) is 7.11. The van der Waals surface area contributed by atoms with Crippen molar-refractivity contribution in [1.82, 2.24) is 5.32 Å². The van der Waals surface area contributed by atoms with Crippen molar-refractivity contribution in [2.24, 2.45) is 0 Å². The number of nitrogens with one attached hydrogen (secondary N) is 1. The van der Waals surface area contributed by atoms with Gasteiger partial charge in [0.05, 0.1) is 6.10 Å². The van der Waals surface area contributed by atoms with Gasteiger partial charge in [0.2, 0.25) is 0 Å². The van der Waals surface area contributed by atoms with Crippen molar-refractivity contribution in [3.8, 4) is 0 Å². The molecule has 0 spiro atoms. The van der Waals surface area contributed by atoms with Crippen LogP contribution in [0.1, 0.15) is 57.8 Å². The van der Waals surface area contributed by atoms with Crippen LogP contribution in [0.25, 0.3) is 0 Å². The Morgan fingerprint density at radius 2 is 1.72 bits per heavy atom.